The van der Waals surface area contributed by atoms with Gasteiger partial charge >= 0.3 is 6.03 Å². The Morgan fingerprint density at radius 1 is 0.932 bits per heavy atom. The molecule has 3 amide bonds. The standard InChI is InChI=1S/C34H33Cl2N5O3/c1-4-44-29-20-23(21-37)5-14-28(29)33-38-31(24-6-10-26(35)11-7-24)32(25-8-12-27(36)13-9-25)41(33)34(43)40-17-15-39(16-18-40)30(42)19-22(2)3/h5-14,19-20,31-32H,4,15-18H2,1-3H3/t31-,32+/m0/s1. The van der Waals surface area contributed by atoms with Crippen LogP contribution in [0, 0.1) is 11.3 Å². The molecule has 226 valence electrons. The number of carbonyl (C=O) groups excluding carboxylic acids is 2. The number of amides is 3. The summed E-state index contributed by atoms with van der Waals surface area (Å²) < 4.78 is 5.98. The fourth-order valence-electron chi connectivity index (χ4n) is 5.51. The lowest BCUT2D eigenvalue weighted by atomic mass is 9.93. The van der Waals surface area contributed by atoms with E-state index in [0.717, 1.165) is 16.7 Å². The molecule has 8 nitrogen and oxygen atoms in total. The maximum Gasteiger partial charge on any atom is 0.326 e. The minimum Gasteiger partial charge on any atom is -0.493 e. The molecule has 3 aromatic rings. The van der Waals surface area contributed by atoms with Crippen molar-refractivity contribution in [3.8, 4) is 11.8 Å². The summed E-state index contributed by atoms with van der Waals surface area (Å²) in [4.78, 5) is 37.7. The van der Waals surface area contributed by atoms with E-state index in [4.69, 9.17) is 32.9 Å². The first-order valence-electron chi connectivity index (χ1n) is 14.5. The van der Waals surface area contributed by atoms with E-state index in [1.54, 1.807) is 51.1 Å². The quantitative estimate of drug-likeness (QED) is 0.274. The van der Waals surface area contributed by atoms with Crippen LogP contribution in [0.3, 0.4) is 0 Å². The van der Waals surface area contributed by atoms with Gasteiger partial charge < -0.3 is 14.5 Å². The molecule has 2 heterocycles. The maximum absolute atomic E-state index is 14.6. The Balaban J connectivity index is 1.61. The van der Waals surface area contributed by atoms with Crippen molar-refractivity contribution < 1.29 is 14.3 Å². The summed E-state index contributed by atoms with van der Waals surface area (Å²) in [5, 5.41) is 10.7. The van der Waals surface area contributed by atoms with Gasteiger partial charge in [0.05, 0.1) is 29.8 Å². The van der Waals surface area contributed by atoms with E-state index in [1.165, 1.54) is 0 Å². The molecule has 0 spiro atoms. The number of urea groups is 1. The average molecular weight is 631 g/mol. The molecule has 0 radical (unpaired) electrons. The number of nitrogens with zero attached hydrogens (tertiary/aromatic N) is 5. The number of benzene rings is 3. The molecule has 3 aromatic carbocycles. The molecule has 1 fully saturated rings. The van der Waals surface area contributed by atoms with E-state index >= 15 is 0 Å². The lowest BCUT2D eigenvalue weighted by Gasteiger charge is -2.39. The van der Waals surface area contributed by atoms with Crippen molar-refractivity contribution in [3.63, 3.8) is 0 Å². The number of hydrogen-bond acceptors (Lipinski definition) is 5. The zero-order chi connectivity index (χ0) is 31.4. The summed E-state index contributed by atoms with van der Waals surface area (Å²) in [7, 11) is 0. The number of allylic oxidation sites excluding steroid dienone is 1. The minimum absolute atomic E-state index is 0.0543. The molecule has 0 aromatic heterocycles. The second-order valence-electron chi connectivity index (χ2n) is 10.9. The summed E-state index contributed by atoms with van der Waals surface area (Å²) in [5.74, 6) is 0.846. The van der Waals surface area contributed by atoms with Crippen LogP contribution in [0.25, 0.3) is 0 Å². The molecule has 2 aliphatic heterocycles. The number of halogens is 2. The second kappa shape index (κ2) is 13.5. The van der Waals surface area contributed by atoms with Crippen LogP contribution in [0.4, 0.5) is 4.79 Å². The molecule has 2 atom stereocenters. The normalized spacial score (nSPS) is 18.0. The number of nitriles is 1. The summed E-state index contributed by atoms with van der Waals surface area (Å²) in [6.45, 7) is 7.59. The molecule has 1 saturated heterocycles. The Morgan fingerprint density at radius 2 is 1.52 bits per heavy atom. The number of ether oxygens (including phenoxy) is 1. The third-order valence-corrected chi connectivity index (χ3v) is 8.13. The van der Waals surface area contributed by atoms with Gasteiger partial charge in [0, 0.05) is 42.3 Å². The Bertz CT molecular complexity index is 1630. The smallest absolute Gasteiger partial charge is 0.326 e. The van der Waals surface area contributed by atoms with Crippen LogP contribution in [0.5, 0.6) is 5.75 Å². The van der Waals surface area contributed by atoms with Gasteiger partial charge in [0.1, 0.15) is 17.6 Å². The zero-order valence-corrected chi connectivity index (χ0v) is 26.3. The number of carbonyl (C=O) groups is 2. The monoisotopic (exact) mass is 629 g/mol. The SMILES string of the molecule is CCOc1cc(C#N)ccc1C1=N[C@@H](c2ccc(Cl)cc2)[C@@H](c2ccc(Cl)cc2)N1C(=O)N1CCN(C(=O)C=C(C)C)CC1. The van der Waals surface area contributed by atoms with E-state index < -0.39 is 12.1 Å². The van der Waals surface area contributed by atoms with Gasteiger partial charge in [0.15, 0.2) is 0 Å². The van der Waals surface area contributed by atoms with Crippen LogP contribution in [-0.4, -0.2) is 65.3 Å². The number of piperazine rings is 1. The van der Waals surface area contributed by atoms with Gasteiger partial charge in [0.2, 0.25) is 5.91 Å². The van der Waals surface area contributed by atoms with Gasteiger partial charge in [-0.05, 0) is 74.4 Å². The molecule has 0 bridgehead atoms. The van der Waals surface area contributed by atoms with Crippen LogP contribution in [-0.2, 0) is 4.79 Å². The minimum atomic E-state index is -0.522. The third-order valence-electron chi connectivity index (χ3n) is 7.62. The first-order valence-corrected chi connectivity index (χ1v) is 15.2. The van der Waals surface area contributed by atoms with Crippen LogP contribution < -0.4 is 4.74 Å². The number of rotatable bonds is 6. The van der Waals surface area contributed by atoms with Gasteiger partial charge in [-0.2, -0.15) is 5.26 Å². The molecule has 0 N–H and O–H groups in total. The van der Waals surface area contributed by atoms with Crippen molar-refractivity contribution in [2.45, 2.75) is 32.9 Å². The highest BCUT2D eigenvalue weighted by Gasteiger charge is 2.45. The van der Waals surface area contributed by atoms with E-state index in [1.807, 2.05) is 57.2 Å². The van der Waals surface area contributed by atoms with Crippen molar-refractivity contribution in [2.24, 2.45) is 4.99 Å². The lowest BCUT2D eigenvalue weighted by Crippen LogP contribution is -2.55. The van der Waals surface area contributed by atoms with Crippen LogP contribution in [0.2, 0.25) is 10.0 Å². The molecular weight excluding hydrogens is 597 g/mol. The number of amidine groups is 1. The topological polar surface area (TPSA) is 89.2 Å². The predicted molar refractivity (Wildman–Crippen MR) is 172 cm³/mol. The van der Waals surface area contributed by atoms with Crippen molar-refractivity contribution in [3.05, 3.63) is 111 Å². The van der Waals surface area contributed by atoms with Gasteiger partial charge in [-0.15, -0.1) is 0 Å². The van der Waals surface area contributed by atoms with E-state index in [0.29, 0.717) is 65.5 Å². The van der Waals surface area contributed by atoms with E-state index in [9.17, 15) is 14.9 Å². The predicted octanol–water partition coefficient (Wildman–Crippen LogP) is 7.04. The molecule has 2 aliphatic rings. The van der Waals surface area contributed by atoms with E-state index in [2.05, 4.69) is 6.07 Å². The van der Waals surface area contributed by atoms with Crippen molar-refractivity contribution >= 4 is 41.0 Å². The van der Waals surface area contributed by atoms with Crippen LogP contribution >= 0.6 is 23.2 Å². The third kappa shape index (κ3) is 6.59. The molecular formula is C34H33Cl2N5O3. The summed E-state index contributed by atoms with van der Waals surface area (Å²) >= 11 is 12.5. The number of aliphatic imine (C=N–C) groups is 1. The Morgan fingerprint density at radius 3 is 2.09 bits per heavy atom. The Labute approximate surface area is 267 Å². The summed E-state index contributed by atoms with van der Waals surface area (Å²) in [6, 6.07) is 21.0. The van der Waals surface area contributed by atoms with Gasteiger partial charge in [-0.3, -0.25) is 14.7 Å². The fraction of sp³-hybridized carbons (Fsp3) is 0.294. The maximum atomic E-state index is 14.6. The van der Waals surface area contributed by atoms with Crippen molar-refractivity contribution in [2.75, 3.05) is 32.8 Å². The zero-order valence-electron chi connectivity index (χ0n) is 24.8. The Hall–Kier alpha value is -4.32. The summed E-state index contributed by atoms with van der Waals surface area (Å²) in [6.07, 6.45) is 1.62. The highest BCUT2D eigenvalue weighted by atomic mass is 35.5. The molecule has 0 saturated carbocycles. The molecule has 5 rings (SSSR count). The highest BCUT2D eigenvalue weighted by molar-refractivity contribution is 6.30. The lowest BCUT2D eigenvalue weighted by molar-refractivity contribution is -0.127. The van der Waals surface area contributed by atoms with Gasteiger partial charge in [0.25, 0.3) is 0 Å². The first-order chi connectivity index (χ1) is 21.2. The van der Waals surface area contributed by atoms with Crippen molar-refractivity contribution in [1.29, 1.82) is 5.26 Å². The number of hydrogen-bond donors (Lipinski definition) is 0. The molecule has 10 heteroatoms. The summed E-state index contributed by atoms with van der Waals surface area (Å²) in [5.41, 5.74) is 3.70. The molecule has 0 unspecified atom stereocenters. The molecule has 0 aliphatic carbocycles. The molecule has 44 heavy (non-hydrogen) atoms. The van der Waals surface area contributed by atoms with Crippen molar-refractivity contribution in [1.82, 2.24) is 14.7 Å². The van der Waals surface area contributed by atoms with Gasteiger partial charge in [-0.25, -0.2) is 4.79 Å². The second-order valence-corrected chi connectivity index (χ2v) is 11.8. The first kappa shape index (κ1) is 31.1. The van der Waals surface area contributed by atoms with Gasteiger partial charge in [-0.1, -0.05) is 53.0 Å². The highest BCUT2D eigenvalue weighted by Crippen LogP contribution is 2.45. The van der Waals surface area contributed by atoms with Crippen LogP contribution in [0.15, 0.2) is 83.4 Å². The average Bonchev–Trinajstić information content (AvgIpc) is 3.41. The van der Waals surface area contributed by atoms with Crippen LogP contribution in [0.1, 0.15) is 55.1 Å². The largest absolute Gasteiger partial charge is 0.493 e. The van der Waals surface area contributed by atoms with E-state index in [-0.39, 0.29) is 11.9 Å². The Kier molecular flexibility index (Phi) is 9.58. The fourth-order valence-corrected chi connectivity index (χ4v) is 5.77.